The van der Waals surface area contributed by atoms with Crippen LogP contribution < -0.4 is 0 Å². The number of allylic oxidation sites excluding steroid dienone is 2. The molecule has 0 unspecified atom stereocenters. The van der Waals surface area contributed by atoms with Gasteiger partial charge in [0.15, 0.2) is 11.6 Å². The molecule has 0 saturated heterocycles. The monoisotopic (exact) mass is 746 g/mol. The Morgan fingerprint density at radius 1 is 0.981 bits per heavy atom. The number of esters is 1. The molecule has 53 heavy (non-hydrogen) atoms. The lowest BCUT2D eigenvalue weighted by molar-refractivity contribution is -0.232. The highest BCUT2D eigenvalue weighted by Gasteiger charge is 2.71. The summed E-state index contributed by atoms with van der Waals surface area (Å²) in [6, 6.07) is 3.70. The number of nitrogens with zero attached hydrogens (tertiary/aromatic N) is 4. The van der Waals surface area contributed by atoms with Crippen LogP contribution in [0.5, 0.6) is 0 Å². The quantitative estimate of drug-likeness (QED) is 0.278. The molecule has 2 aromatic rings. The number of carbonyl (C=O) groups excluding carboxylic acids is 2. The Hall–Kier alpha value is -3.07. The zero-order valence-electron chi connectivity index (χ0n) is 33.4. The Kier molecular flexibility index (Phi) is 8.99. The van der Waals surface area contributed by atoms with E-state index in [9.17, 15) is 19.5 Å². The number of fused-ring (bicyclic) bond motifs is 7. The van der Waals surface area contributed by atoms with Crippen LogP contribution in [0.2, 0.25) is 5.02 Å². The first kappa shape index (κ1) is 38.2. The lowest BCUT2D eigenvalue weighted by Crippen LogP contribution is -2.66. The molecule has 0 bridgehead atoms. The number of Topliss-reactive ketones (excluding diaryl/α,β-unsaturated/α-hetero) is 1. The van der Waals surface area contributed by atoms with E-state index in [1.54, 1.807) is 20.0 Å². The topological polar surface area (TPSA) is 124 Å². The molecule has 5 aliphatic rings. The first-order valence-corrected chi connectivity index (χ1v) is 20.2. The maximum Gasteiger partial charge on any atom is 0.309 e. The second-order valence-corrected chi connectivity index (χ2v) is 20.2. The molecule has 0 aromatic carbocycles. The third-order valence-electron chi connectivity index (χ3n) is 16.1. The molecule has 2 aromatic heterocycles. The fourth-order valence-electron chi connectivity index (χ4n) is 13.2. The minimum Gasteiger partial charge on any atom is -0.481 e. The minimum absolute atomic E-state index is 0.0114. The number of hydrogen-bond donors (Lipinski definition) is 1. The summed E-state index contributed by atoms with van der Waals surface area (Å²) in [6.07, 6.45) is 9.59. The van der Waals surface area contributed by atoms with Gasteiger partial charge in [0, 0.05) is 25.1 Å². The number of ketones is 1. The highest BCUT2D eigenvalue weighted by molar-refractivity contribution is 6.30. The lowest BCUT2D eigenvalue weighted by Gasteiger charge is -2.72. The highest BCUT2D eigenvalue weighted by Crippen LogP contribution is 2.76. The van der Waals surface area contributed by atoms with Crippen molar-refractivity contribution in [3.8, 4) is 11.5 Å². The second-order valence-electron chi connectivity index (χ2n) is 19.8. The molecule has 2 heterocycles. The summed E-state index contributed by atoms with van der Waals surface area (Å²) in [5, 5.41) is 19.8. The number of rotatable bonds is 7. The number of carboxylic acids is 1. The van der Waals surface area contributed by atoms with Crippen LogP contribution in [0.15, 0.2) is 29.5 Å². The van der Waals surface area contributed by atoms with Crippen LogP contribution in [0.3, 0.4) is 0 Å². The van der Waals surface area contributed by atoms with Crippen LogP contribution in [-0.4, -0.2) is 48.7 Å². The van der Waals surface area contributed by atoms with Gasteiger partial charge in [-0.2, -0.15) is 0 Å². The number of aliphatic carboxylic acids is 1. The number of halogens is 1. The van der Waals surface area contributed by atoms with Crippen molar-refractivity contribution < 1.29 is 24.2 Å². The molecule has 0 spiro atoms. The second kappa shape index (κ2) is 12.5. The number of ether oxygens (including phenoxy) is 1. The van der Waals surface area contributed by atoms with Gasteiger partial charge in [0.05, 0.1) is 22.3 Å². The van der Waals surface area contributed by atoms with Crippen LogP contribution in [0.1, 0.15) is 132 Å². The Morgan fingerprint density at radius 2 is 1.70 bits per heavy atom. The van der Waals surface area contributed by atoms with E-state index in [4.69, 9.17) is 21.4 Å². The molecule has 4 fully saturated rings. The molecule has 9 nitrogen and oxygen atoms in total. The van der Waals surface area contributed by atoms with Gasteiger partial charge in [-0.25, -0.2) is 0 Å². The van der Waals surface area contributed by atoms with Crippen molar-refractivity contribution in [2.75, 3.05) is 0 Å². The van der Waals surface area contributed by atoms with Gasteiger partial charge in [0.25, 0.3) is 0 Å². The summed E-state index contributed by atoms with van der Waals surface area (Å²) in [4.78, 5) is 43.7. The molecular formula is C43H59ClN4O5. The zero-order valence-corrected chi connectivity index (χ0v) is 34.2. The Bertz CT molecular complexity index is 1880. The maximum atomic E-state index is 14.2. The van der Waals surface area contributed by atoms with Crippen molar-refractivity contribution >= 4 is 29.3 Å². The summed E-state index contributed by atoms with van der Waals surface area (Å²) in [6.45, 7) is 19.7. The van der Waals surface area contributed by atoms with Crippen LogP contribution in [-0.2, 0) is 31.6 Å². The van der Waals surface area contributed by atoms with E-state index >= 15 is 0 Å². The van der Waals surface area contributed by atoms with E-state index in [1.165, 1.54) is 5.57 Å². The van der Waals surface area contributed by atoms with E-state index in [1.807, 2.05) is 19.2 Å². The third kappa shape index (κ3) is 5.43. The van der Waals surface area contributed by atoms with Gasteiger partial charge in [-0.1, -0.05) is 60.1 Å². The summed E-state index contributed by atoms with van der Waals surface area (Å²) in [5.41, 5.74) is 1.27. The van der Waals surface area contributed by atoms with E-state index in [-0.39, 0.29) is 51.8 Å². The van der Waals surface area contributed by atoms with Gasteiger partial charge < -0.3 is 14.4 Å². The highest BCUT2D eigenvalue weighted by atomic mass is 35.5. The Labute approximate surface area is 320 Å². The molecule has 10 heteroatoms. The summed E-state index contributed by atoms with van der Waals surface area (Å²) in [7, 11) is 2.02. The largest absolute Gasteiger partial charge is 0.481 e. The van der Waals surface area contributed by atoms with Gasteiger partial charge in [0.2, 0.25) is 0 Å². The fourth-order valence-corrected chi connectivity index (χ4v) is 13.3. The number of pyridine rings is 1. The van der Waals surface area contributed by atoms with Gasteiger partial charge in [-0.05, 0) is 128 Å². The molecular weight excluding hydrogens is 688 g/mol. The number of aromatic nitrogens is 4. The number of hydrogen-bond acceptors (Lipinski definition) is 7. The predicted molar refractivity (Wildman–Crippen MR) is 204 cm³/mol. The SMILES string of the molecule is CC(C)C1=C2[C@H]3CC[C@@H]4[C@@]5(C)CC[C@H](OC(=O)CC(C)(C)C(=O)O)C(C)(C)[C@@H]5CC[C@@]4(C)[C@]3(C)CC[C@@]2(c2nnc(-c3ccc(Cl)cn3)n2C)CC1=O. The predicted octanol–water partition coefficient (Wildman–Crippen LogP) is 9.18. The van der Waals surface area contributed by atoms with Crippen molar-refractivity contribution in [2.45, 2.75) is 138 Å². The normalized spacial score (nSPS) is 36.4. The Balaban J connectivity index is 1.22. The molecule has 0 aliphatic heterocycles. The Morgan fingerprint density at radius 3 is 2.34 bits per heavy atom. The number of carboxylic acid groups (broad SMARTS) is 1. The van der Waals surface area contributed by atoms with Crippen molar-refractivity contribution in [3.63, 3.8) is 0 Å². The molecule has 7 rings (SSSR count). The number of carbonyl (C=O) groups is 3. The van der Waals surface area contributed by atoms with Crippen LogP contribution in [0.4, 0.5) is 0 Å². The van der Waals surface area contributed by atoms with Crippen molar-refractivity contribution in [1.82, 2.24) is 19.7 Å². The zero-order chi connectivity index (χ0) is 38.7. The van der Waals surface area contributed by atoms with Gasteiger partial charge in [-0.3, -0.25) is 19.4 Å². The molecule has 5 aliphatic carbocycles. The molecule has 1 N–H and O–H groups in total. The lowest BCUT2D eigenvalue weighted by atomic mass is 9.33. The molecule has 0 radical (unpaired) electrons. The standard InChI is InChI=1S/C43H59ClN4O5/c1-24(2)33-28(49)21-43(36-47-46-35(48(36)10)27-13-11-25(44)23-45-27)20-19-41(8)26(34(33)43)12-14-30-40(7)17-16-31(53-32(50)22-38(3,4)37(51)52)39(5,6)29(40)15-18-42(30,41)9/h11,13,23-24,26,29-31H,12,14-22H2,1-10H3,(H,51,52)/t26-,29+,30-,31+,40+,41-,42-,43-/m1/s1. The van der Waals surface area contributed by atoms with Crippen LogP contribution >= 0.6 is 11.6 Å². The molecule has 288 valence electrons. The minimum atomic E-state index is -1.17. The average molecular weight is 747 g/mol. The summed E-state index contributed by atoms with van der Waals surface area (Å²) in [5.74, 6) is 1.64. The average Bonchev–Trinajstić information content (AvgIpc) is 3.60. The van der Waals surface area contributed by atoms with E-state index in [2.05, 4.69) is 63.1 Å². The molecule has 8 atom stereocenters. The van der Waals surface area contributed by atoms with Gasteiger partial charge in [0.1, 0.15) is 17.6 Å². The van der Waals surface area contributed by atoms with Gasteiger partial charge >= 0.3 is 11.9 Å². The van der Waals surface area contributed by atoms with E-state index in [0.29, 0.717) is 34.8 Å². The van der Waals surface area contributed by atoms with E-state index < -0.39 is 22.8 Å². The third-order valence-corrected chi connectivity index (χ3v) is 16.3. The van der Waals surface area contributed by atoms with Crippen molar-refractivity contribution in [1.29, 1.82) is 0 Å². The summed E-state index contributed by atoms with van der Waals surface area (Å²) < 4.78 is 8.25. The summed E-state index contributed by atoms with van der Waals surface area (Å²) >= 11 is 6.17. The smallest absolute Gasteiger partial charge is 0.309 e. The maximum absolute atomic E-state index is 14.2. The van der Waals surface area contributed by atoms with E-state index in [0.717, 1.165) is 62.8 Å². The first-order chi connectivity index (χ1) is 24.6. The van der Waals surface area contributed by atoms with Crippen molar-refractivity contribution in [2.24, 2.45) is 57.8 Å². The van der Waals surface area contributed by atoms with Crippen LogP contribution in [0, 0.1) is 50.7 Å². The molecule has 0 amide bonds. The van der Waals surface area contributed by atoms with Gasteiger partial charge in [-0.15, -0.1) is 10.2 Å². The fraction of sp³-hybridized carbons (Fsp3) is 0.721. The first-order valence-electron chi connectivity index (χ1n) is 19.9. The molecule has 4 saturated carbocycles. The van der Waals surface area contributed by atoms with Crippen LogP contribution in [0.25, 0.3) is 11.5 Å². The van der Waals surface area contributed by atoms with Crippen molar-refractivity contribution in [3.05, 3.63) is 40.3 Å².